The average molecular weight is 480 g/mol. The number of aryl methyl sites for hydroxylation is 1. The highest BCUT2D eigenvalue weighted by Crippen LogP contribution is 2.34. The molecule has 158 valence electrons. The summed E-state index contributed by atoms with van der Waals surface area (Å²) in [4.78, 5) is 40.0. The zero-order valence-corrected chi connectivity index (χ0v) is 19.1. The summed E-state index contributed by atoms with van der Waals surface area (Å²) in [6.07, 6.45) is 0. The van der Waals surface area contributed by atoms with Crippen molar-refractivity contribution in [3.63, 3.8) is 0 Å². The van der Waals surface area contributed by atoms with Crippen molar-refractivity contribution >= 4 is 33.7 Å². The van der Waals surface area contributed by atoms with Crippen LogP contribution in [-0.4, -0.2) is 33.7 Å². The molecule has 2 aromatic carbocycles. The Morgan fingerprint density at radius 2 is 1.68 bits per heavy atom. The minimum absolute atomic E-state index is 0.282. The highest BCUT2D eigenvalue weighted by Gasteiger charge is 2.50. The van der Waals surface area contributed by atoms with E-state index in [-0.39, 0.29) is 12.3 Å². The molecule has 1 unspecified atom stereocenters. The molecule has 1 aromatic heterocycles. The molecule has 0 saturated carbocycles. The van der Waals surface area contributed by atoms with Gasteiger partial charge in [-0.15, -0.1) is 0 Å². The number of carbonyl (C=O) groups excluding carboxylic acids is 3. The Morgan fingerprint density at radius 3 is 2.35 bits per heavy atom. The third-order valence-corrected chi connectivity index (χ3v) is 6.43. The summed E-state index contributed by atoms with van der Waals surface area (Å²) >= 11 is 3.45. The van der Waals surface area contributed by atoms with Crippen LogP contribution in [0.5, 0.6) is 0 Å². The van der Waals surface area contributed by atoms with E-state index in [4.69, 9.17) is 0 Å². The smallest absolute Gasteiger partial charge is 0.319 e. The number of amides is 3. The van der Waals surface area contributed by atoms with Gasteiger partial charge in [-0.25, -0.2) is 4.79 Å². The lowest BCUT2D eigenvalue weighted by Crippen LogP contribution is -2.41. The molecule has 0 spiro atoms. The first-order valence-electron chi connectivity index (χ1n) is 9.90. The third kappa shape index (κ3) is 3.49. The number of nitrogens with one attached hydrogen (secondary N) is 1. The average Bonchev–Trinajstić information content (AvgIpc) is 3.16. The van der Waals surface area contributed by atoms with Gasteiger partial charge in [0.25, 0.3) is 5.91 Å². The first-order valence-corrected chi connectivity index (χ1v) is 10.7. The predicted molar refractivity (Wildman–Crippen MR) is 121 cm³/mol. The molecule has 6 nitrogen and oxygen atoms in total. The predicted octanol–water partition coefficient (Wildman–Crippen LogP) is 4.51. The molecule has 1 atom stereocenters. The first kappa shape index (κ1) is 21.1. The van der Waals surface area contributed by atoms with Crippen molar-refractivity contribution in [1.29, 1.82) is 0 Å². The number of hydrogen-bond donors (Lipinski definition) is 1. The van der Waals surface area contributed by atoms with Crippen molar-refractivity contribution in [2.24, 2.45) is 0 Å². The molecule has 1 aliphatic rings. The number of ketones is 1. The third-order valence-electron chi connectivity index (χ3n) is 5.74. The second-order valence-corrected chi connectivity index (χ2v) is 8.66. The lowest BCUT2D eigenvalue weighted by Gasteiger charge is -2.23. The highest BCUT2D eigenvalue weighted by molar-refractivity contribution is 9.10. The molecule has 7 heteroatoms. The molecule has 4 rings (SSSR count). The van der Waals surface area contributed by atoms with E-state index in [2.05, 4.69) is 21.2 Å². The molecule has 0 bridgehead atoms. The minimum atomic E-state index is -1.24. The summed E-state index contributed by atoms with van der Waals surface area (Å²) in [6, 6.07) is 18.2. The minimum Gasteiger partial charge on any atom is -0.319 e. The number of aromatic nitrogens is 1. The van der Waals surface area contributed by atoms with Gasteiger partial charge in [0.15, 0.2) is 5.78 Å². The van der Waals surface area contributed by atoms with E-state index in [1.807, 2.05) is 60.9 Å². The number of urea groups is 1. The van der Waals surface area contributed by atoms with Gasteiger partial charge in [-0.3, -0.25) is 14.5 Å². The van der Waals surface area contributed by atoms with Crippen LogP contribution in [-0.2, 0) is 10.3 Å². The van der Waals surface area contributed by atoms with Crippen molar-refractivity contribution in [3.8, 4) is 5.69 Å². The lowest BCUT2D eigenvalue weighted by atomic mass is 9.92. The topological polar surface area (TPSA) is 71.4 Å². The summed E-state index contributed by atoms with van der Waals surface area (Å²) in [6.45, 7) is 5.13. The van der Waals surface area contributed by atoms with Crippen LogP contribution in [0, 0.1) is 13.8 Å². The van der Waals surface area contributed by atoms with Crippen molar-refractivity contribution in [2.75, 3.05) is 6.54 Å². The van der Waals surface area contributed by atoms with Gasteiger partial charge in [-0.1, -0.05) is 52.3 Å². The van der Waals surface area contributed by atoms with Crippen LogP contribution in [0.4, 0.5) is 4.79 Å². The Morgan fingerprint density at radius 1 is 1.03 bits per heavy atom. The van der Waals surface area contributed by atoms with Crippen molar-refractivity contribution in [3.05, 3.63) is 87.7 Å². The van der Waals surface area contributed by atoms with Gasteiger partial charge < -0.3 is 9.88 Å². The molecule has 0 aliphatic carbocycles. The molecule has 2 heterocycles. The number of imide groups is 1. The second-order valence-electron chi connectivity index (χ2n) is 7.81. The van der Waals surface area contributed by atoms with Gasteiger partial charge in [-0.2, -0.15) is 0 Å². The second kappa shape index (κ2) is 7.81. The van der Waals surface area contributed by atoms with Gasteiger partial charge in [-0.05, 0) is 45.0 Å². The Balaban J connectivity index is 1.62. The van der Waals surface area contributed by atoms with Crippen LogP contribution in [0.3, 0.4) is 0 Å². The van der Waals surface area contributed by atoms with Crippen LogP contribution in [0.15, 0.2) is 65.1 Å². The monoisotopic (exact) mass is 479 g/mol. The van der Waals surface area contributed by atoms with E-state index in [9.17, 15) is 14.4 Å². The maximum atomic E-state index is 13.2. The van der Waals surface area contributed by atoms with Gasteiger partial charge in [0.1, 0.15) is 5.54 Å². The fourth-order valence-corrected chi connectivity index (χ4v) is 4.82. The number of para-hydroxylation sites is 1. The summed E-state index contributed by atoms with van der Waals surface area (Å²) in [5.41, 5.74) is 2.53. The van der Waals surface area contributed by atoms with Crippen LogP contribution >= 0.6 is 15.9 Å². The van der Waals surface area contributed by atoms with E-state index in [1.165, 1.54) is 0 Å². The number of carbonyl (C=O) groups is 3. The van der Waals surface area contributed by atoms with Crippen molar-refractivity contribution < 1.29 is 14.4 Å². The van der Waals surface area contributed by atoms with Gasteiger partial charge >= 0.3 is 6.03 Å². The Labute approximate surface area is 189 Å². The molecule has 1 aliphatic heterocycles. The molecule has 1 N–H and O–H groups in total. The summed E-state index contributed by atoms with van der Waals surface area (Å²) in [5, 5.41) is 2.75. The van der Waals surface area contributed by atoms with Crippen LogP contribution in [0.1, 0.15) is 34.2 Å². The Bertz CT molecular complexity index is 1200. The van der Waals surface area contributed by atoms with E-state index in [0.29, 0.717) is 15.6 Å². The SMILES string of the molecule is Cc1cc(C(=O)CN2C(=O)NC(C)(c3ccccc3Br)C2=O)c(C)n1-c1ccccc1. The molecule has 1 fully saturated rings. The number of rotatable bonds is 5. The Hall–Kier alpha value is -3.19. The summed E-state index contributed by atoms with van der Waals surface area (Å²) < 4.78 is 2.70. The Kier molecular flexibility index (Phi) is 5.31. The highest BCUT2D eigenvalue weighted by atomic mass is 79.9. The molecule has 3 amide bonds. The normalized spacial score (nSPS) is 18.4. The van der Waals surface area contributed by atoms with Gasteiger partial charge in [0, 0.05) is 32.7 Å². The van der Waals surface area contributed by atoms with Gasteiger partial charge in [0.2, 0.25) is 0 Å². The zero-order valence-electron chi connectivity index (χ0n) is 17.5. The van der Waals surface area contributed by atoms with E-state index in [1.54, 1.807) is 25.1 Å². The molecular formula is C24H22BrN3O3. The number of hydrogen-bond acceptors (Lipinski definition) is 3. The number of Topliss-reactive ketones (excluding diaryl/α,β-unsaturated/α-hetero) is 1. The number of nitrogens with zero attached hydrogens (tertiary/aromatic N) is 2. The maximum absolute atomic E-state index is 13.2. The molecule has 3 aromatic rings. The maximum Gasteiger partial charge on any atom is 0.325 e. The number of halogens is 1. The van der Waals surface area contributed by atoms with E-state index >= 15 is 0 Å². The van der Waals surface area contributed by atoms with Crippen molar-refractivity contribution in [1.82, 2.24) is 14.8 Å². The van der Waals surface area contributed by atoms with Crippen molar-refractivity contribution in [2.45, 2.75) is 26.3 Å². The van der Waals surface area contributed by atoms with Crippen LogP contribution < -0.4 is 5.32 Å². The fraction of sp³-hybridized carbons (Fsp3) is 0.208. The first-order chi connectivity index (χ1) is 14.7. The van der Waals surface area contributed by atoms with Crippen LogP contribution in [0.2, 0.25) is 0 Å². The molecule has 1 saturated heterocycles. The van der Waals surface area contributed by atoms with Crippen LogP contribution in [0.25, 0.3) is 5.69 Å². The summed E-state index contributed by atoms with van der Waals surface area (Å²) in [7, 11) is 0. The summed E-state index contributed by atoms with van der Waals surface area (Å²) in [5.74, 6) is -0.732. The largest absolute Gasteiger partial charge is 0.325 e. The molecular weight excluding hydrogens is 458 g/mol. The standard InChI is InChI=1S/C24H22BrN3O3/c1-15-13-18(16(2)28(15)17-9-5-4-6-10-17)21(29)14-27-22(30)24(3,26-23(27)31)19-11-7-8-12-20(19)25/h4-13H,14H2,1-3H3,(H,26,31). The number of benzene rings is 2. The zero-order chi connectivity index (χ0) is 22.3. The molecule has 0 radical (unpaired) electrons. The van der Waals surface area contributed by atoms with Gasteiger partial charge in [0.05, 0.1) is 6.54 Å². The van der Waals surface area contributed by atoms with E-state index < -0.39 is 17.5 Å². The fourth-order valence-electron chi connectivity index (χ4n) is 4.14. The molecule has 31 heavy (non-hydrogen) atoms. The quantitative estimate of drug-likeness (QED) is 0.432. The van der Waals surface area contributed by atoms with E-state index in [0.717, 1.165) is 22.0 Å². The lowest BCUT2D eigenvalue weighted by molar-refractivity contribution is -0.130.